The number of nitrogens with two attached hydrogens (primary N) is 1. The van der Waals surface area contributed by atoms with Crippen LogP contribution in [0.1, 0.15) is 37.3 Å². The molecule has 0 aromatic carbocycles. The molecule has 1 aliphatic rings. The van der Waals surface area contributed by atoms with E-state index in [9.17, 15) is 0 Å². The molecule has 2 atom stereocenters. The summed E-state index contributed by atoms with van der Waals surface area (Å²) in [6.45, 7) is 1.97. The van der Waals surface area contributed by atoms with E-state index in [1.807, 2.05) is 17.8 Å². The van der Waals surface area contributed by atoms with Crippen LogP contribution in [0.5, 0.6) is 0 Å². The van der Waals surface area contributed by atoms with Crippen LogP contribution >= 0.6 is 11.6 Å². The molecular formula is C10H16ClN3. The largest absolute Gasteiger partial charge is 0.326 e. The topological polar surface area (TPSA) is 43.8 Å². The SMILES string of the molecule is Cc1cnn(C2CCCCC2N)c1Cl. The first-order valence-electron chi connectivity index (χ1n) is 5.15. The zero-order chi connectivity index (χ0) is 10.1. The molecular weight excluding hydrogens is 198 g/mol. The van der Waals surface area contributed by atoms with E-state index in [0.717, 1.165) is 23.6 Å². The van der Waals surface area contributed by atoms with Gasteiger partial charge in [-0.1, -0.05) is 24.4 Å². The maximum atomic E-state index is 6.15. The summed E-state index contributed by atoms with van der Waals surface area (Å²) < 4.78 is 1.89. The molecule has 1 saturated carbocycles. The Kier molecular flexibility index (Phi) is 2.79. The second kappa shape index (κ2) is 3.91. The van der Waals surface area contributed by atoms with E-state index in [2.05, 4.69) is 5.10 Å². The number of hydrogen-bond donors (Lipinski definition) is 1. The molecule has 3 nitrogen and oxygen atoms in total. The van der Waals surface area contributed by atoms with Crippen molar-refractivity contribution in [3.05, 3.63) is 16.9 Å². The van der Waals surface area contributed by atoms with Crippen molar-refractivity contribution in [2.75, 3.05) is 0 Å². The van der Waals surface area contributed by atoms with Crippen LogP contribution in [-0.4, -0.2) is 15.8 Å². The van der Waals surface area contributed by atoms with Gasteiger partial charge in [0.2, 0.25) is 0 Å². The van der Waals surface area contributed by atoms with Gasteiger partial charge in [-0.25, -0.2) is 4.68 Å². The molecule has 0 saturated heterocycles. The third kappa shape index (κ3) is 1.66. The zero-order valence-corrected chi connectivity index (χ0v) is 9.17. The summed E-state index contributed by atoms with van der Waals surface area (Å²) in [4.78, 5) is 0. The highest BCUT2D eigenvalue weighted by Crippen LogP contribution is 2.30. The monoisotopic (exact) mass is 213 g/mol. The zero-order valence-electron chi connectivity index (χ0n) is 8.41. The molecule has 1 aliphatic carbocycles. The van der Waals surface area contributed by atoms with Gasteiger partial charge in [-0.3, -0.25) is 0 Å². The van der Waals surface area contributed by atoms with Crippen LogP contribution in [0.2, 0.25) is 5.15 Å². The van der Waals surface area contributed by atoms with E-state index in [1.54, 1.807) is 0 Å². The summed E-state index contributed by atoms with van der Waals surface area (Å²) >= 11 is 6.15. The van der Waals surface area contributed by atoms with Gasteiger partial charge in [-0.2, -0.15) is 5.10 Å². The molecule has 0 spiro atoms. The van der Waals surface area contributed by atoms with E-state index in [0.29, 0.717) is 6.04 Å². The van der Waals surface area contributed by atoms with Crippen molar-refractivity contribution in [2.45, 2.75) is 44.7 Å². The number of halogens is 1. The Labute approximate surface area is 89.2 Å². The van der Waals surface area contributed by atoms with Gasteiger partial charge in [0.25, 0.3) is 0 Å². The minimum Gasteiger partial charge on any atom is -0.326 e. The van der Waals surface area contributed by atoms with E-state index in [-0.39, 0.29) is 6.04 Å². The smallest absolute Gasteiger partial charge is 0.130 e. The Hall–Kier alpha value is -0.540. The second-order valence-corrected chi connectivity index (χ2v) is 4.44. The van der Waals surface area contributed by atoms with Gasteiger partial charge in [0.15, 0.2) is 0 Å². The molecule has 0 aliphatic heterocycles. The lowest BCUT2D eigenvalue weighted by Crippen LogP contribution is -2.35. The third-order valence-corrected chi connectivity index (χ3v) is 3.47. The summed E-state index contributed by atoms with van der Waals surface area (Å²) in [5, 5.41) is 5.04. The van der Waals surface area contributed by atoms with Crippen LogP contribution in [-0.2, 0) is 0 Å². The average molecular weight is 214 g/mol. The van der Waals surface area contributed by atoms with Crippen molar-refractivity contribution >= 4 is 11.6 Å². The van der Waals surface area contributed by atoms with E-state index in [4.69, 9.17) is 17.3 Å². The predicted octanol–water partition coefficient (Wildman–Crippen LogP) is 2.29. The Morgan fingerprint density at radius 2 is 2.21 bits per heavy atom. The van der Waals surface area contributed by atoms with Crippen molar-refractivity contribution in [3.63, 3.8) is 0 Å². The van der Waals surface area contributed by atoms with E-state index >= 15 is 0 Å². The van der Waals surface area contributed by atoms with Crippen molar-refractivity contribution < 1.29 is 0 Å². The number of aryl methyl sites for hydroxylation is 1. The molecule has 0 amide bonds. The Morgan fingerprint density at radius 1 is 1.50 bits per heavy atom. The summed E-state index contributed by atoms with van der Waals surface area (Å²) in [7, 11) is 0. The molecule has 1 heterocycles. The number of rotatable bonds is 1. The van der Waals surface area contributed by atoms with Gasteiger partial charge in [0.05, 0.1) is 12.2 Å². The maximum Gasteiger partial charge on any atom is 0.130 e. The normalized spacial score (nSPS) is 27.9. The molecule has 14 heavy (non-hydrogen) atoms. The van der Waals surface area contributed by atoms with Crippen LogP contribution in [0.15, 0.2) is 6.20 Å². The standard InChI is InChI=1S/C10H16ClN3/c1-7-6-13-14(10(7)11)9-5-3-2-4-8(9)12/h6,8-9H,2-5,12H2,1H3. The lowest BCUT2D eigenvalue weighted by atomic mass is 9.91. The highest BCUT2D eigenvalue weighted by molar-refractivity contribution is 6.30. The summed E-state index contributed by atoms with van der Waals surface area (Å²) in [6, 6.07) is 0.505. The van der Waals surface area contributed by atoms with Crippen molar-refractivity contribution in [1.29, 1.82) is 0 Å². The molecule has 1 aromatic heterocycles. The Morgan fingerprint density at radius 3 is 2.79 bits per heavy atom. The van der Waals surface area contributed by atoms with Crippen LogP contribution in [0, 0.1) is 6.92 Å². The fourth-order valence-electron chi connectivity index (χ4n) is 2.11. The van der Waals surface area contributed by atoms with Crippen LogP contribution in [0.25, 0.3) is 0 Å². The average Bonchev–Trinajstić information content (AvgIpc) is 2.49. The molecule has 0 radical (unpaired) electrons. The van der Waals surface area contributed by atoms with Gasteiger partial charge >= 0.3 is 0 Å². The first-order chi connectivity index (χ1) is 6.70. The summed E-state index contributed by atoms with van der Waals surface area (Å²) in [5.74, 6) is 0. The van der Waals surface area contributed by atoms with Crippen LogP contribution in [0.3, 0.4) is 0 Å². The number of aromatic nitrogens is 2. The highest BCUT2D eigenvalue weighted by atomic mass is 35.5. The van der Waals surface area contributed by atoms with Crippen molar-refractivity contribution in [2.24, 2.45) is 5.73 Å². The minimum atomic E-state index is 0.209. The molecule has 0 bridgehead atoms. The van der Waals surface area contributed by atoms with Gasteiger partial charge in [0, 0.05) is 11.6 Å². The van der Waals surface area contributed by atoms with Crippen LogP contribution in [0.4, 0.5) is 0 Å². The lowest BCUT2D eigenvalue weighted by Gasteiger charge is -2.29. The fraction of sp³-hybridized carbons (Fsp3) is 0.700. The van der Waals surface area contributed by atoms with Crippen molar-refractivity contribution in [3.8, 4) is 0 Å². The maximum absolute atomic E-state index is 6.15. The van der Waals surface area contributed by atoms with Crippen molar-refractivity contribution in [1.82, 2.24) is 9.78 Å². The fourth-order valence-corrected chi connectivity index (χ4v) is 2.33. The number of hydrogen-bond acceptors (Lipinski definition) is 2. The quantitative estimate of drug-likeness (QED) is 0.778. The Balaban J connectivity index is 2.24. The molecule has 4 heteroatoms. The molecule has 78 valence electrons. The van der Waals surface area contributed by atoms with E-state index in [1.165, 1.54) is 12.8 Å². The predicted molar refractivity (Wildman–Crippen MR) is 57.5 cm³/mol. The molecule has 2 rings (SSSR count). The molecule has 2 unspecified atom stereocenters. The number of nitrogens with zero attached hydrogens (tertiary/aromatic N) is 2. The van der Waals surface area contributed by atoms with Gasteiger partial charge in [-0.05, 0) is 19.8 Å². The molecule has 1 aromatic rings. The first-order valence-corrected chi connectivity index (χ1v) is 5.53. The van der Waals surface area contributed by atoms with E-state index < -0.39 is 0 Å². The molecule has 2 N–H and O–H groups in total. The lowest BCUT2D eigenvalue weighted by molar-refractivity contribution is 0.286. The van der Waals surface area contributed by atoms with Crippen LogP contribution < -0.4 is 5.73 Å². The molecule has 1 fully saturated rings. The third-order valence-electron chi connectivity index (χ3n) is 3.00. The Bertz CT molecular complexity index is 321. The second-order valence-electron chi connectivity index (χ2n) is 4.08. The first kappa shape index (κ1) is 9.99. The van der Waals surface area contributed by atoms with Gasteiger partial charge in [-0.15, -0.1) is 0 Å². The summed E-state index contributed by atoms with van der Waals surface area (Å²) in [5.41, 5.74) is 7.10. The highest BCUT2D eigenvalue weighted by Gasteiger charge is 2.25. The minimum absolute atomic E-state index is 0.209. The summed E-state index contributed by atoms with van der Waals surface area (Å²) in [6.07, 6.45) is 6.45. The van der Waals surface area contributed by atoms with Gasteiger partial charge < -0.3 is 5.73 Å². The van der Waals surface area contributed by atoms with Gasteiger partial charge in [0.1, 0.15) is 5.15 Å².